The van der Waals surface area contributed by atoms with Gasteiger partial charge in [-0.2, -0.15) is 4.68 Å². The van der Waals surface area contributed by atoms with Gasteiger partial charge >= 0.3 is 0 Å². The van der Waals surface area contributed by atoms with Crippen LogP contribution in [0.4, 0.5) is 22.9 Å². The fraction of sp³-hybridized carbons (Fsp3) is 0.408. The van der Waals surface area contributed by atoms with Gasteiger partial charge in [-0.05, 0) is 76.1 Å². The first-order chi connectivity index (χ1) is 29.4. The highest BCUT2D eigenvalue weighted by Crippen LogP contribution is 2.57. The molecule has 4 aromatic carbocycles. The van der Waals surface area contributed by atoms with Gasteiger partial charge in [-0.1, -0.05) is 148 Å². The number of ether oxygens (including phenoxy) is 1. The van der Waals surface area contributed by atoms with Crippen molar-refractivity contribution in [3.8, 4) is 17.3 Å². The van der Waals surface area contributed by atoms with Crippen LogP contribution in [0.5, 0.6) is 11.6 Å². The van der Waals surface area contributed by atoms with Gasteiger partial charge in [-0.3, -0.25) is 9.59 Å². The van der Waals surface area contributed by atoms with Crippen molar-refractivity contribution in [3.63, 3.8) is 0 Å². The summed E-state index contributed by atoms with van der Waals surface area (Å²) in [6, 6.07) is 22.3. The maximum atomic E-state index is 13.4. The Morgan fingerprint density at radius 1 is 0.754 bits per heavy atom. The van der Waals surface area contributed by atoms with Gasteiger partial charge in [-0.15, -0.1) is 5.10 Å². The Labute approximate surface area is 381 Å². The average Bonchev–Trinajstić information content (AvgIpc) is 3.58. The Kier molecular flexibility index (Phi) is 16.1. The number of hydrogen-bond acceptors (Lipinski definition) is 6. The average molecular weight is 906 g/mol. The third-order valence-electron chi connectivity index (χ3n) is 11.7. The van der Waals surface area contributed by atoms with Gasteiger partial charge in [0.25, 0.3) is 0 Å². The van der Waals surface area contributed by atoms with Crippen molar-refractivity contribution in [2.75, 3.05) is 28.6 Å². The summed E-state index contributed by atoms with van der Waals surface area (Å²) in [5, 5.41) is 13.0. The van der Waals surface area contributed by atoms with Crippen molar-refractivity contribution in [2.24, 2.45) is 0 Å². The number of nitrogens with zero attached hydrogens (tertiary/aromatic N) is 3. The lowest BCUT2D eigenvalue weighted by atomic mass is 9.68. The second kappa shape index (κ2) is 21.2. The summed E-state index contributed by atoms with van der Waals surface area (Å²) in [5.74, 6) is 1.16. The predicted octanol–water partition coefficient (Wildman–Crippen LogP) is 15.4. The maximum Gasteiger partial charge on any atom is 0.229 e. The maximum absolute atomic E-state index is 13.4. The summed E-state index contributed by atoms with van der Waals surface area (Å²) in [6.45, 7) is 11.7. The molecule has 61 heavy (non-hydrogen) atoms. The van der Waals surface area contributed by atoms with Crippen molar-refractivity contribution in [2.45, 2.75) is 117 Å². The Balaban J connectivity index is 1.36. The molecule has 1 atom stereocenters. The van der Waals surface area contributed by atoms with Gasteiger partial charge in [0.1, 0.15) is 11.4 Å². The van der Waals surface area contributed by atoms with Gasteiger partial charge < -0.3 is 20.3 Å². The first-order valence-corrected chi connectivity index (χ1v) is 23.2. The van der Waals surface area contributed by atoms with Crippen LogP contribution in [0.3, 0.4) is 0 Å². The molecule has 324 valence electrons. The number of fused-ring (bicyclic) bond motifs is 2. The van der Waals surface area contributed by atoms with Gasteiger partial charge in [0.2, 0.25) is 11.8 Å². The zero-order chi connectivity index (χ0) is 43.7. The molecule has 1 aromatic heterocycles. The van der Waals surface area contributed by atoms with Crippen molar-refractivity contribution in [1.82, 2.24) is 9.78 Å². The number of hydrogen-bond donors (Lipinski definition) is 2. The molecular formula is C49H57Cl4N5O3. The highest BCUT2D eigenvalue weighted by Gasteiger charge is 2.47. The molecule has 2 N–H and O–H groups in total. The summed E-state index contributed by atoms with van der Waals surface area (Å²) in [7, 11) is 0. The number of carbonyl (C=O) groups excluding carboxylic acids is 2. The summed E-state index contributed by atoms with van der Waals surface area (Å²) in [5.41, 5.74) is 4.17. The molecule has 0 fully saturated rings. The second-order valence-corrected chi connectivity index (χ2v) is 17.7. The fourth-order valence-corrected chi connectivity index (χ4v) is 9.60. The number of rotatable bonds is 21. The number of unbranched alkanes of at least 4 members (excludes halogenated alkanes) is 10. The lowest BCUT2D eigenvalue weighted by Gasteiger charge is -2.38. The van der Waals surface area contributed by atoms with Crippen LogP contribution < -0.4 is 20.3 Å². The molecule has 0 saturated carbocycles. The minimum Gasteiger partial charge on any atom is -0.438 e. The third kappa shape index (κ3) is 10.5. The topological polar surface area (TPSA) is 88.5 Å². The van der Waals surface area contributed by atoms with Gasteiger partial charge in [0.05, 0.1) is 31.7 Å². The summed E-state index contributed by atoms with van der Waals surface area (Å²) in [6.07, 6.45) is 13.8. The molecule has 0 radical (unpaired) electrons. The van der Waals surface area contributed by atoms with Crippen molar-refractivity contribution in [3.05, 3.63) is 115 Å². The fourth-order valence-electron chi connectivity index (χ4n) is 8.46. The molecule has 0 bridgehead atoms. The molecule has 1 amide bonds. The van der Waals surface area contributed by atoms with Crippen LogP contribution in [0.1, 0.15) is 139 Å². The Hall–Kier alpha value is -4.21. The van der Waals surface area contributed by atoms with Crippen LogP contribution in [0.15, 0.2) is 72.8 Å². The van der Waals surface area contributed by atoms with Gasteiger partial charge in [-0.25, -0.2) is 0 Å². The molecule has 1 unspecified atom stereocenters. The minimum atomic E-state index is -1.02. The molecule has 2 heterocycles. The van der Waals surface area contributed by atoms with E-state index in [-0.39, 0.29) is 21.7 Å². The van der Waals surface area contributed by atoms with E-state index in [1.165, 1.54) is 51.4 Å². The summed E-state index contributed by atoms with van der Waals surface area (Å²) < 4.78 is 8.50. The van der Waals surface area contributed by atoms with Crippen LogP contribution in [0, 0.1) is 0 Å². The van der Waals surface area contributed by atoms with Crippen LogP contribution >= 0.6 is 46.4 Å². The third-order valence-corrected chi connectivity index (χ3v) is 12.9. The molecule has 0 spiro atoms. The van der Waals surface area contributed by atoms with E-state index in [1.807, 2.05) is 30.3 Å². The lowest BCUT2D eigenvalue weighted by Crippen LogP contribution is -2.32. The number of carbonyl (C=O) groups is 2. The van der Waals surface area contributed by atoms with Crippen LogP contribution in [0.2, 0.25) is 20.1 Å². The molecule has 1 aliphatic rings. The normalized spacial score (nSPS) is 14.2. The Bertz CT molecular complexity index is 2320. The largest absolute Gasteiger partial charge is 0.438 e. The van der Waals surface area contributed by atoms with E-state index in [1.54, 1.807) is 41.9 Å². The van der Waals surface area contributed by atoms with Crippen molar-refractivity contribution < 1.29 is 14.3 Å². The number of anilines is 4. The van der Waals surface area contributed by atoms with E-state index < -0.39 is 5.41 Å². The summed E-state index contributed by atoms with van der Waals surface area (Å²) >= 11 is 27.1. The van der Waals surface area contributed by atoms with E-state index in [0.29, 0.717) is 62.1 Å². The number of Topliss-reactive ketones (excluding diaryl/α,β-unsaturated/α-hetero) is 1. The highest BCUT2D eigenvalue weighted by molar-refractivity contribution is 6.40. The van der Waals surface area contributed by atoms with Crippen LogP contribution in [0.25, 0.3) is 5.69 Å². The standard InChI is InChI=1S/C49H57Cl4N5O3/c1-6-9-10-11-12-13-14-15-16-17-18-23-44(60)54-34-24-27-39(51)42(30-34)55-47-45-48(58(56-47)46-40(52)28-33(50)29-41(46)53)61-43-31-35(57(7-2)8-3)25-26-38(43)49(45,5)37-22-20-19-21-36(37)32(4)59/h19-22,24-31H,6-18,23H2,1-5H3,(H,54,60)(H,55,56). The molecule has 6 rings (SSSR count). The van der Waals surface area contributed by atoms with E-state index in [0.717, 1.165) is 49.2 Å². The quantitative estimate of drug-likeness (QED) is 0.0563. The van der Waals surface area contributed by atoms with E-state index in [2.05, 4.69) is 55.4 Å². The number of amides is 1. The van der Waals surface area contributed by atoms with Crippen LogP contribution in [-0.2, 0) is 10.2 Å². The molecule has 1 aliphatic heterocycles. The number of nitrogens with one attached hydrogen (secondary N) is 2. The molecule has 8 nitrogen and oxygen atoms in total. The van der Waals surface area contributed by atoms with E-state index >= 15 is 0 Å². The Morgan fingerprint density at radius 3 is 2.03 bits per heavy atom. The molecule has 12 heteroatoms. The highest BCUT2D eigenvalue weighted by atomic mass is 35.5. The van der Waals surface area contributed by atoms with Gasteiger partial charge in [0, 0.05) is 53.1 Å². The molecule has 5 aromatic rings. The van der Waals surface area contributed by atoms with E-state index in [4.69, 9.17) is 56.2 Å². The molecular weight excluding hydrogens is 848 g/mol. The molecule has 0 saturated heterocycles. The molecule has 0 aliphatic carbocycles. The second-order valence-electron chi connectivity index (χ2n) is 16.0. The Morgan fingerprint density at radius 2 is 1.39 bits per heavy atom. The number of ketones is 1. The number of benzene rings is 4. The first kappa shape index (κ1) is 46.3. The zero-order valence-corrected chi connectivity index (χ0v) is 38.9. The number of aromatic nitrogens is 2. The number of halogens is 4. The monoisotopic (exact) mass is 903 g/mol. The SMILES string of the molecule is CCCCCCCCCCCCCC(=O)Nc1ccc(Cl)c(Nc2nn(-c3c(Cl)cc(Cl)cc3Cl)c3c2C(C)(c2ccccc2C(C)=O)c2ccc(N(CC)CC)cc2O3)c1. The minimum absolute atomic E-state index is 0.0552. The zero-order valence-electron chi connectivity index (χ0n) is 35.9. The van der Waals surface area contributed by atoms with Crippen LogP contribution in [-0.4, -0.2) is 34.6 Å². The summed E-state index contributed by atoms with van der Waals surface area (Å²) in [4.78, 5) is 28.8. The smallest absolute Gasteiger partial charge is 0.229 e. The van der Waals surface area contributed by atoms with Crippen molar-refractivity contribution >= 4 is 81.0 Å². The van der Waals surface area contributed by atoms with Crippen molar-refractivity contribution in [1.29, 1.82) is 0 Å². The first-order valence-electron chi connectivity index (χ1n) is 21.7. The predicted molar refractivity (Wildman–Crippen MR) is 255 cm³/mol. The lowest BCUT2D eigenvalue weighted by molar-refractivity contribution is -0.116. The van der Waals surface area contributed by atoms with E-state index in [9.17, 15) is 9.59 Å². The van der Waals surface area contributed by atoms with Gasteiger partial charge in [0.15, 0.2) is 11.6 Å².